The van der Waals surface area contributed by atoms with Crippen molar-refractivity contribution in [3.8, 4) is 0 Å². The number of ether oxygens (including phenoxy) is 1. The molecule has 0 unspecified atom stereocenters. The zero-order chi connectivity index (χ0) is 21.4. The second-order valence-electron chi connectivity index (χ2n) is 7.05. The van der Waals surface area contributed by atoms with E-state index in [1.54, 1.807) is 0 Å². The lowest BCUT2D eigenvalue weighted by Gasteiger charge is -2.26. The molecule has 1 aliphatic rings. The first-order chi connectivity index (χ1) is 14.5. The van der Waals surface area contributed by atoms with Gasteiger partial charge in [0.25, 0.3) is 5.91 Å². The summed E-state index contributed by atoms with van der Waals surface area (Å²) in [5.41, 5.74) is 2.64. The average Bonchev–Trinajstić information content (AvgIpc) is 2.78. The number of carbonyl (C=O) groups excluding carboxylic acids is 1. The molecule has 2 N–H and O–H groups in total. The molecule has 30 heavy (non-hydrogen) atoms. The van der Waals surface area contributed by atoms with Crippen LogP contribution >= 0.6 is 0 Å². The molecule has 1 aliphatic heterocycles. The maximum Gasteiger partial charge on any atom is 0.251 e. The highest BCUT2D eigenvalue weighted by molar-refractivity contribution is 7.89. The van der Waals surface area contributed by atoms with E-state index in [1.807, 2.05) is 12.1 Å². The van der Waals surface area contributed by atoms with Crippen molar-refractivity contribution in [3.63, 3.8) is 0 Å². The molecule has 8 heteroatoms. The van der Waals surface area contributed by atoms with Gasteiger partial charge in [-0.25, -0.2) is 13.1 Å². The second kappa shape index (κ2) is 10.5. The largest absolute Gasteiger partial charge is 0.379 e. The number of nitrogens with zero attached hydrogens (tertiary/aromatic N) is 1. The Morgan fingerprint density at radius 1 is 1.03 bits per heavy atom. The van der Waals surface area contributed by atoms with E-state index in [0.29, 0.717) is 12.1 Å². The summed E-state index contributed by atoms with van der Waals surface area (Å²) in [7, 11) is -3.60. The van der Waals surface area contributed by atoms with Crippen molar-refractivity contribution in [1.29, 1.82) is 0 Å². The van der Waals surface area contributed by atoms with E-state index in [0.717, 1.165) is 38.4 Å². The minimum absolute atomic E-state index is 0.108. The first kappa shape index (κ1) is 22.2. The Morgan fingerprint density at radius 3 is 2.30 bits per heavy atom. The van der Waals surface area contributed by atoms with Gasteiger partial charge in [0.2, 0.25) is 10.0 Å². The maximum atomic E-state index is 12.4. The highest BCUT2D eigenvalue weighted by Gasteiger charge is 2.14. The van der Waals surface area contributed by atoms with E-state index in [9.17, 15) is 13.2 Å². The fourth-order valence-corrected chi connectivity index (χ4v) is 4.10. The zero-order valence-electron chi connectivity index (χ0n) is 16.8. The van der Waals surface area contributed by atoms with Crippen molar-refractivity contribution in [1.82, 2.24) is 14.9 Å². The molecule has 0 spiro atoms. The quantitative estimate of drug-likeness (QED) is 0.595. The van der Waals surface area contributed by atoms with Crippen LogP contribution in [0.25, 0.3) is 0 Å². The van der Waals surface area contributed by atoms with Crippen LogP contribution < -0.4 is 10.0 Å². The van der Waals surface area contributed by atoms with Gasteiger partial charge < -0.3 is 10.1 Å². The Balaban J connectivity index is 1.51. The second-order valence-corrected chi connectivity index (χ2v) is 8.82. The average molecular weight is 430 g/mol. The summed E-state index contributed by atoms with van der Waals surface area (Å²) in [5, 5.41) is 2.86. The van der Waals surface area contributed by atoms with Crippen LogP contribution in [-0.4, -0.2) is 52.1 Å². The monoisotopic (exact) mass is 429 g/mol. The molecule has 0 bridgehead atoms. The molecule has 0 atom stereocenters. The van der Waals surface area contributed by atoms with Gasteiger partial charge in [-0.3, -0.25) is 9.69 Å². The third-order valence-electron chi connectivity index (χ3n) is 4.83. The molecule has 0 radical (unpaired) electrons. The van der Waals surface area contributed by atoms with E-state index in [4.69, 9.17) is 4.74 Å². The molecular weight excluding hydrogens is 402 g/mol. The predicted molar refractivity (Wildman–Crippen MR) is 116 cm³/mol. The van der Waals surface area contributed by atoms with Crippen LogP contribution in [0.5, 0.6) is 0 Å². The minimum Gasteiger partial charge on any atom is -0.379 e. The Morgan fingerprint density at radius 2 is 1.67 bits per heavy atom. The molecule has 0 aromatic heterocycles. The fourth-order valence-electron chi connectivity index (χ4n) is 3.10. The first-order valence-electron chi connectivity index (χ1n) is 9.85. The summed E-state index contributed by atoms with van der Waals surface area (Å²) in [6.07, 6.45) is 1.47. The summed E-state index contributed by atoms with van der Waals surface area (Å²) in [6, 6.07) is 14.0. The number of amides is 1. The number of rotatable bonds is 9. The van der Waals surface area contributed by atoms with Gasteiger partial charge in [0.05, 0.1) is 18.1 Å². The van der Waals surface area contributed by atoms with Gasteiger partial charge in [-0.05, 0) is 35.4 Å². The van der Waals surface area contributed by atoms with Crippen LogP contribution in [0.3, 0.4) is 0 Å². The number of hydrogen-bond donors (Lipinski definition) is 2. The standard InChI is InChI=1S/C22H27N3O4S/c1-2-11-24-30(27,28)21-9-7-20(8-10-21)22(26)23-16-18-3-5-19(6-4-18)17-25-12-14-29-15-13-25/h2-10,24H,1,11-17H2,(H,23,26). The van der Waals surface area contributed by atoms with Crippen molar-refractivity contribution in [2.24, 2.45) is 0 Å². The number of nitrogens with one attached hydrogen (secondary N) is 2. The van der Waals surface area contributed by atoms with E-state index in [1.165, 1.54) is 35.9 Å². The summed E-state index contributed by atoms with van der Waals surface area (Å²) in [5.74, 6) is -0.254. The van der Waals surface area contributed by atoms with Gasteiger partial charge in [-0.15, -0.1) is 6.58 Å². The molecule has 2 aromatic rings. The topological polar surface area (TPSA) is 87.7 Å². The van der Waals surface area contributed by atoms with E-state index >= 15 is 0 Å². The van der Waals surface area contributed by atoms with Gasteiger partial charge in [-0.2, -0.15) is 0 Å². The van der Waals surface area contributed by atoms with Crippen LogP contribution in [0.1, 0.15) is 21.5 Å². The number of benzene rings is 2. The molecule has 160 valence electrons. The highest BCUT2D eigenvalue weighted by Crippen LogP contribution is 2.12. The molecule has 1 fully saturated rings. The lowest BCUT2D eigenvalue weighted by molar-refractivity contribution is 0.0342. The highest BCUT2D eigenvalue weighted by atomic mass is 32.2. The van der Waals surface area contributed by atoms with E-state index < -0.39 is 10.0 Å². The van der Waals surface area contributed by atoms with Gasteiger partial charge in [0, 0.05) is 38.3 Å². The van der Waals surface area contributed by atoms with Gasteiger partial charge >= 0.3 is 0 Å². The molecular formula is C22H27N3O4S. The predicted octanol–water partition coefficient (Wildman–Crippen LogP) is 1.91. The van der Waals surface area contributed by atoms with Crippen LogP contribution in [0.15, 0.2) is 66.1 Å². The molecule has 2 aromatic carbocycles. The molecule has 3 rings (SSSR count). The Labute approximate surface area is 177 Å². The number of morpholine rings is 1. The smallest absolute Gasteiger partial charge is 0.251 e. The summed E-state index contributed by atoms with van der Waals surface area (Å²) >= 11 is 0. The molecule has 1 amide bonds. The lowest BCUT2D eigenvalue weighted by atomic mass is 10.1. The lowest BCUT2D eigenvalue weighted by Crippen LogP contribution is -2.35. The first-order valence-corrected chi connectivity index (χ1v) is 11.3. The Kier molecular flexibility index (Phi) is 7.75. The summed E-state index contributed by atoms with van der Waals surface area (Å²) < 4.78 is 31.9. The van der Waals surface area contributed by atoms with Crippen molar-refractivity contribution < 1.29 is 17.9 Å². The Hall–Kier alpha value is -2.52. The van der Waals surface area contributed by atoms with Gasteiger partial charge in [-0.1, -0.05) is 30.3 Å². The van der Waals surface area contributed by atoms with Gasteiger partial charge in [0.1, 0.15) is 0 Å². The molecule has 0 aliphatic carbocycles. The zero-order valence-corrected chi connectivity index (χ0v) is 17.7. The fraction of sp³-hybridized carbons (Fsp3) is 0.318. The van der Waals surface area contributed by atoms with Crippen molar-refractivity contribution in [2.75, 3.05) is 32.8 Å². The molecule has 0 saturated carbocycles. The van der Waals surface area contributed by atoms with Crippen molar-refractivity contribution in [3.05, 3.63) is 77.9 Å². The van der Waals surface area contributed by atoms with Crippen LogP contribution in [0.2, 0.25) is 0 Å². The minimum atomic E-state index is -3.60. The van der Waals surface area contributed by atoms with Crippen LogP contribution in [-0.2, 0) is 27.8 Å². The molecule has 1 saturated heterocycles. The van der Waals surface area contributed by atoms with E-state index in [-0.39, 0.29) is 17.3 Å². The number of carbonyl (C=O) groups is 1. The summed E-state index contributed by atoms with van der Waals surface area (Å²) in [4.78, 5) is 14.8. The van der Waals surface area contributed by atoms with E-state index in [2.05, 4.69) is 33.7 Å². The van der Waals surface area contributed by atoms with Crippen LogP contribution in [0.4, 0.5) is 0 Å². The third kappa shape index (κ3) is 6.24. The molecule has 1 heterocycles. The Bertz CT molecular complexity index is 951. The van der Waals surface area contributed by atoms with Crippen molar-refractivity contribution >= 4 is 15.9 Å². The third-order valence-corrected chi connectivity index (χ3v) is 6.27. The maximum absolute atomic E-state index is 12.4. The number of sulfonamides is 1. The normalized spacial score (nSPS) is 14.9. The SMILES string of the molecule is C=CCNS(=O)(=O)c1ccc(C(=O)NCc2ccc(CN3CCOCC3)cc2)cc1. The van der Waals surface area contributed by atoms with Gasteiger partial charge in [0.15, 0.2) is 0 Å². The summed E-state index contributed by atoms with van der Waals surface area (Å²) in [6.45, 7) is 8.38. The van der Waals surface area contributed by atoms with Crippen molar-refractivity contribution in [2.45, 2.75) is 18.0 Å². The molecule has 7 nitrogen and oxygen atoms in total. The number of hydrogen-bond acceptors (Lipinski definition) is 5. The van der Waals surface area contributed by atoms with Crippen LogP contribution in [0, 0.1) is 0 Å².